The number of aromatic hydroxyl groups is 1. The van der Waals surface area contributed by atoms with Crippen LogP contribution in [0.3, 0.4) is 0 Å². The minimum atomic E-state index is -0.0376. The third-order valence-corrected chi connectivity index (χ3v) is 6.42. The van der Waals surface area contributed by atoms with E-state index in [0.717, 1.165) is 51.1 Å². The Kier molecular flexibility index (Phi) is 6.69. The molecule has 0 unspecified atom stereocenters. The van der Waals surface area contributed by atoms with Crippen LogP contribution in [0.5, 0.6) is 5.75 Å². The highest BCUT2D eigenvalue weighted by Crippen LogP contribution is 2.23. The number of phenolic OH excluding ortho intramolecular Hbond substituents is 1. The van der Waals surface area contributed by atoms with Crippen LogP contribution >= 0.6 is 0 Å². The number of aromatic nitrogens is 1. The van der Waals surface area contributed by atoms with Crippen LogP contribution in [-0.2, 0) is 13.1 Å². The first-order valence-electron chi connectivity index (χ1n) is 11.0. The molecule has 7 nitrogen and oxygen atoms in total. The van der Waals surface area contributed by atoms with Crippen molar-refractivity contribution in [2.24, 2.45) is 0 Å². The molecule has 1 aliphatic carbocycles. The summed E-state index contributed by atoms with van der Waals surface area (Å²) in [6.45, 7) is 5.02. The lowest BCUT2D eigenvalue weighted by atomic mass is 9.94. The number of phenols is 1. The molecule has 0 spiro atoms. The highest BCUT2D eigenvalue weighted by atomic mass is 16.3. The summed E-state index contributed by atoms with van der Waals surface area (Å²) in [7, 11) is 1.89. The number of carbonyl (C=O) groups excluding carboxylic acids is 1. The predicted molar refractivity (Wildman–Crippen MR) is 114 cm³/mol. The van der Waals surface area contributed by atoms with Gasteiger partial charge in [0.2, 0.25) is 5.89 Å². The lowest BCUT2D eigenvalue weighted by Crippen LogP contribution is -2.45. The van der Waals surface area contributed by atoms with Gasteiger partial charge in [-0.2, -0.15) is 0 Å². The number of hydrogen-bond donors (Lipinski definition) is 1. The standard InChI is InChI=1S/C23H32N4O3/c1-25(19-8-3-2-4-9-19)23(29)20-17-30-22(24-20)16-27-13-11-26(12-14-27)15-18-7-5-6-10-21(18)28/h5-7,10,17,19,28H,2-4,8-9,11-16H2,1H3. The van der Waals surface area contributed by atoms with Gasteiger partial charge in [0, 0.05) is 51.4 Å². The van der Waals surface area contributed by atoms with Gasteiger partial charge in [-0.05, 0) is 18.9 Å². The zero-order valence-corrected chi connectivity index (χ0v) is 17.8. The first-order chi connectivity index (χ1) is 14.6. The molecule has 2 aliphatic rings. The van der Waals surface area contributed by atoms with Crippen LogP contribution in [-0.4, -0.2) is 70.0 Å². The highest BCUT2D eigenvalue weighted by molar-refractivity contribution is 5.92. The number of amides is 1. The zero-order valence-electron chi connectivity index (χ0n) is 17.8. The Morgan fingerprint density at radius 3 is 2.47 bits per heavy atom. The molecule has 1 aromatic heterocycles. The van der Waals surface area contributed by atoms with Gasteiger partial charge in [-0.25, -0.2) is 4.98 Å². The maximum Gasteiger partial charge on any atom is 0.275 e. The van der Waals surface area contributed by atoms with E-state index in [1.807, 2.05) is 30.1 Å². The van der Waals surface area contributed by atoms with E-state index in [9.17, 15) is 9.90 Å². The van der Waals surface area contributed by atoms with Gasteiger partial charge in [0.1, 0.15) is 12.0 Å². The molecule has 1 saturated carbocycles. The number of hydrogen-bond acceptors (Lipinski definition) is 6. The normalized spacial score (nSPS) is 19.1. The minimum Gasteiger partial charge on any atom is -0.508 e. The smallest absolute Gasteiger partial charge is 0.275 e. The van der Waals surface area contributed by atoms with E-state index in [-0.39, 0.29) is 5.91 Å². The van der Waals surface area contributed by atoms with Gasteiger partial charge in [-0.15, -0.1) is 0 Å². The molecule has 0 bridgehead atoms. The first-order valence-corrected chi connectivity index (χ1v) is 11.0. The molecule has 1 aliphatic heterocycles. The number of rotatable bonds is 6. The SMILES string of the molecule is CN(C(=O)c1coc(CN2CCN(Cc3ccccc3O)CC2)n1)C1CCCCC1. The molecule has 2 aromatic rings. The molecule has 2 heterocycles. The van der Waals surface area contributed by atoms with Crippen molar-refractivity contribution in [3.05, 3.63) is 47.7 Å². The van der Waals surface area contributed by atoms with E-state index < -0.39 is 0 Å². The van der Waals surface area contributed by atoms with E-state index in [0.29, 0.717) is 29.9 Å². The average Bonchev–Trinajstić information content (AvgIpc) is 3.25. The van der Waals surface area contributed by atoms with Crippen molar-refractivity contribution < 1.29 is 14.3 Å². The Balaban J connectivity index is 1.26. The van der Waals surface area contributed by atoms with Gasteiger partial charge in [-0.3, -0.25) is 14.6 Å². The lowest BCUT2D eigenvalue weighted by molar-refractivity contribution is 0.0690. The number of para-hydroxylation sites is 1. The van der Waals surface area contributed by atoms with Crippen molar-refractivity contribution in [2.45, 2.75) is 51.2 Å². The molecule has 2 fully saturated rings. The second-order valence-electron chi connectivity index (χ2n) is 8.52. The van der Waals surface area contributed by atoms with Crippen molar-refractivity contribution >= 4 is 5.91 Å². The Morgan fingerprint density at radius 1 is 1.10 bits per heavy atom. The summed E-state index contributed by atoms with van der Waals surface area (Å²) < 4.78 is 5.62. The van der Waals surface area contributed by atoms with E-state index in [4.69, 9.17) is 4.42 Å². The Bertz CT molecular complexity index is 838. The predicted octanol–water partition coefficient (Wildman–Crippen LogP) is 3.10. The molecular weight excluding hydrogens is 380 g/mol. The summed E-state index contributed by atoms with van der Waals surface area (Å²) in [5.41, 5.74) is 1.38. The zero-order chi connectivity index (χ0) is 20.9. The van der Waals surface area contributed by atoms with E-state index in [1.54, 1.807) is 6.07 Å². The molecule has 162 valence electrons. The highest BCUT2D eigenvalue weighted by Gasteiger charge is 2.26. The van der Waals surface area contributed by atoms with Gasteiger partial charge < -0.3 is 14.4 Å². The summed E-state index contributed by atoms with van der Waals surface area (Å²) in [4.78, 5) is 23.7. The lowest BCUT2D eigenvalue weighted by Gasteiger charge is -2.34. The van der Waals surface area contributed by atoms with Crippen molar-refractivity contribution in [3.8, 4) is 5.75 Å². The van der Waals surface area contributed by atoms with Crippen LogP contribution in [0.15, 0.2) is 34.9 Å². The van der Waals surface area contributed by atoms with Crippen molar-refractivity contribution in [1.82, 2.24) is 19.7 Å². The Hall–Kier alpha value is -2.38. The minimum absolute atomic E-state index is 0.0376. The quantitative estimate of drug-likeness (QED) is 0.786. The molecule has 4 rings (SSSR count). The second-order valence-corrected chi connectivity index (χ2v) is 8.52. The summed E-state index contributed by atoms with van der Waals surface area (Å²) in [6, 6.07) is 7.83. The molecular formula is C23H32N4O3. The average molecular weight is 413 g/mol. The van der Waals surface area contributed by atoms with E-state index in [2.05, 4.69) is 14.8 Å². The summed E-state index contributed by atoms with van der Waals surface area (Å²) in [5, 5.41) is 9.97. The largest absolute Gasteiger partial charge is 0.508 e. The van der Waals surface area contributed by atoms with Crippen molar-refractivity contribution in [1.29, 1.82) is 0 Å². The first kappa shape index (κ1) is 20.9. The molecule has 1 N–H and O–H groups in total. The van der Waals surface area contributed by atoms with Crippen LogP contribution in [0.2, 0.25) is 0 Å². The molecule has 7 heteroatoms. The fraction of sp³-hybridized carbons (Fsp3) is 0.565. The Morgan fingerprint density at radius 2 is 1.77 bits per heavy atom. The number of piperazine rings is 1. The maximum atomic E-state index is 12.8. The van der Waals surface area contributed by atoms with Crippen LogP contribution in [0.25, 0.3) is 0 Å². The van der Waals surface area contributed by atoms with Gasteiger partial charge in [0.05, 0.1) is 6.54 Å². The van der Waals surface area contributed by atoms with Crippen LogP contribution in [0.4, 0.5) is 0 Å². The fourth-order valence-corrected chi connectivity index (χ4v) is 4.48. The Labute approximate surface area is 178 Å². The molecule has 1 saturated heterocycles. The van der Waals surface area contributed by atoms with Gasteiger partial charge >= 0.3 is 0 Å². The van der Waals surface area contributed by atoms with E-state index in [1.165, 1.54) is 25.5 Å². The summed E-state index contributed by atoms with van der Waals surface area (Å²) >= 11 is 0. The number of carbonyl (C=O) groups is 1. The summed E-state index contributed by atoms with van der Waals surface area (Å²) in [6.07, 6.45) is 7.33. The molecule has 1 amide bonds. The molecule has 30 heavy (non-hydrogen) atoms. The molecule has 0 atom stereocenters. The van der Waals surface area contributed by atoms with Crippen LogP contribution in [0.1, 0.15) is 54.0 Å². The van der Waals surface area contributed by atoms with Crippen LogP contribution in [0, 0.1) is 0 Å². The topological polar surface area (TPSA) is 73.1 Å². The van der Waals surface area contributed by atoms with Gasteiger partial charge in [0.15, 0.2) is 5.69 Å². The van der Waals surface area contributed by atoms with Crippen molar-refractivity contribution in [2.75, 3.05) is 33.2 Å². The molecule has 1 aromatic carbocycles. The fourth-order valence-electron chi connectivity index (χ4n) is 4.48. The second kappa shape index (κ2) is 9.62. The molecule has 0 radical (unpaired) electrons. The third kappa shape index (κ3) is 5.02. The maximum absolute atomic E-state index is 12.8. The number of oxazole rings is 1. The van der Waals surface area contributed by atoms with Crippen molar-refractivity contribution in [3.63, 3.8) is 0 Å². The number of nitrogens with zero attached hydrogens (tertiary/aromatic N) is 4. The monoisotopic (exact) mass is 412 g/mol. The van der Waals surface area contributed by atoms with Gasteiger partial charge in [0.25, 0.3) is 5.91 Å². The summed E-state index contributed by atoms with van der Waals surface area (Å²) in [5.74, 6) is 0.920. The van der Waals surface area contributed by atoms with Crippen LogP contribution < -0.4 is 0 Å². The number of benzene rings is 1. The third-order valence-electron chi connectivity index (χ3n) is 6.42. The van der Waals surface area contributed by atoms with E-state index >= 15 is 0 Å². The van der Waals surface area contributed by atoms with Gasteiger partial charge in [-0.1, -0.05) is 37.5 Å².